The van der Waals surface area contributed by atoms with Crippen LogP contribution in [0.1, 0.15) is 43.6 Å². The molecule has 1 aliphatic heterocycles. The molecule has 3 heterocycles. The Labute approximate surface area is 151 Å². The SMILES string of the molecule is CC1CCN(C(=O)C(C)Sc2ncnc3sc4c(c23)CCC4)CC1. The summed E-state index contributed by atoms with van der Waals surface area (Å²) in [6.07, 6.45) is 7.42. The molecule has 4 rings (SSSR count). The first kappa shape index (κ1) is 16.3. The Morgan fingerprint density at radius 1 is 1.33 bits per heavy atom. The van der Waals surface area contributed by atoms with E-state index in [1.54, 1.807) is 29.4 Å². The van der Waals surface area contributed by atoms with Crippen molar-refractivity contribution in [3.63, 3.8) is 0 Å². The molecule has 0 bridgehead atoms. The van der Waals surface area contributed by atoms with Gasteiger partial charge in [0.1, 0.15) is 16.2 Å². The third-order valence-corrected chi connectivity index (χ3v) is 7.49. The highest BCUT2D eigenvalue weighted by molar-refractivity contribution is 8.00. The zero-order valence-electron chi connectivity index (χ0n) is 14.2. The summed E-state index contributed by atoms with van der Waals surface area (Å²) in [5.74, 6) is 0.998. The smallest absolute Gasteiger partial charge is 0.235 e. The average molecular weight is 362 g/mol. The van der Waals surface area contributed by atoms with E-state index in [1.807, 2.05) is 11.8 Å². The van der Waals surface area contributed by atoms with E-state index in [2.05, 4.69) is 16.9 Å². The number of rotatable bonds is 3. The molecule has 1 unspecified atom stereocenters. The van der Waals surface area contributed by atoms with Gasteiger partial charge in [-0.3, -0.25) is 4.79 Å². The second-order valence-corrected chi connectivity index (χ2v) is 9.40. The van der Waals surface area contributed by atoms with Crippen molar-refractivity contribution in [3.8, 4) is 0 Å². The number of fused-ring (bicyclic) bond motifs is 3. The molecule has 0 radical (unpaired) electrons. The Kier molecular flexibility index (Phi) is 4.52. The van der Waals surface area contributed by atoms with Gasteiger partial charge in [0.15, 0.2) is 0 Å². The molecule has 1 atom stereocenters. The lowest BCUT2D eigenvalue weighted by atomic mass is 9.99. The molecular formula is C18H23N3OS2. The maximum Gasteiger partial charge on any atom is 0.235 e. The van der Waals surface area contributed by atoms with Crippen molar-refractivity contribution in [2.24, 2.45) is 5.92 Å². The summed E-state index contributed by atoms with van der Waals surface area (Å²) in [7, 11) is 0. The van der Waals surface area contributed by atoms with Gasteiger partial charge in [-0.25, -0.2) is 9.97 Å². The van der Waals surface area contributed by atoms with Gasteiger partial charge in [0.25, 0.3) is 0 Å². The fraction of sp³-hybridized carbons (Fsp3) is 0.611. The molecule has 128 valence electrons. The van der Waals surface area contributed by atoms with E-state index in [0.29, 0.717) is 0 Å². The largest absolute Gasteiger partial charge is 0.342 e. The lowest BCUT2D eigenvalue weighted by Crippen LogP contribution is -2.41. The van der Waals surface area contributed by atoms with Gasteiger partial charge in [-0.2, -0.15) is 0 Å². The molecule has 24 heavy (non-hydrogen) atoms. The van der Waals surface area contributed by atoms with Gasteiger partial charge in [0.2, 0.25) is 5.91 Å². The number of piperidine rings is 1. The molecule has 6 heteroatoms. The highest BCUT2D eigenvalue weighted by Crippen LogP contribution is 2.41. The number of amides is 1. The molecule has 0 N–H and O–H groups in total. The highest BCUT2D eigenvalue weighted by atomic mass is 32.2. The van der Waals surface area contributed by atoms with E-state index in [9.17, 15) is 4.79 Å². The van der Waals surface area contributed by atoms with Gasteiger partial charge >= 0.3 is 0 Å². The number of thiophene rings is 1. The number of nitrogens with zero attached hydrogens (tertiary/aromatic N) is 3. The summed E-state index contributed by atoms with van der Waals surface area (Å²) in [4.78, 5) is 26.4. The summed E-state index contributed by atoms with van der Waals surface area (Å²) in [6.45, 7) is 6.09. The fourth-order valence-corrected chi connectivity index (χ4v) is 6.02. The van der Waals surface area contributed by atoms with Crippen LogP contribution in [-0.2, 0) is 17.6 Å². The maximum atomic E-state index is 12.8. The third-order valence-electron chi connectivity index (χ3n) is 5.20. The van der Waals surface area contributed by atoms with Crippen molar-refractivity contribution in [1.82, 2.24) is 14.9 Å². The zero-order valence-corrected chi connectivity index (χ0v) is 15.9. The van der Waals surface area contributed by atoms with Crippen LogP contribution in [0.2, 0.25) is 0 Å². The third kappa shape index (κ3) is 2.94. The maximum absolute atomic E-state index is 12.8. The van der Waals surface area contributed by atoms with Gasteiger partial charge < -0.3 is 4.90 Å². The van der Waals surface area contributed by atoms with E-state index in [-0.39, 0.29) is 11.2 Å². The molecule has 0 saturated carbocycles. The number of carbonyl (C=O) groups excluding carboxylic acids is 1. The Bertz CT molecular complexity index is 765. The second-order valence-electron chi connectivity index (χ2n) is 6.98. The quantitative estimate of drug-likeness (QED) is 0.614. The summed E-state index contributed by atoms with van der Waals surface area (Å²) in [5, 5.41) is 2.12. The second kappa shape index (κ2) is 6.64. The van der Waals surface area contributed by atoms with Gasteiger partial charge in [-0.1, -0.05) is 18.7 Å². The molecule has 1 fully saturated rings. The van der Waals surface area contributed by atoms with Crippen molar-refractivity contribution >= 4 is 39.2 Å². The lowest BCUT2D eigenvalue weighted by molar-refractivity contribution is -0.131. The van der Waals surface area contributed by atoms with Crippen LogP contribution in [0.5, 0.6) is 0 Å². The lowest BCUT2D eigenvalue weighted by Gasteiger charge is -2.32. The molecule has 2 aliphatic rings. The van der Waals surface area contributed by atoms with Crippen LogP contribution < -0.4 is 0 Å². The van der Waals surface area contributed by atoms with E-state index in [1.165, 1.54) is 28.7 Å². The van der Waals surface area contributed by atoms with Gasteiger partial charge in [0.05, 0.1) is 5.25 Å². The molecule has 0 aromatic carbocycles. The number of thioether (sulfide) groups is 1. The first-order valence-electron chi connectivity index (χ1n) is 8.84. The molecule has 1 aliphatic carbocycles. The minimum atomic E-state index is -0.0894. The zero-order chi connectivity index (χ0) is 16.7. The molecule has 2 aromatic heterocycles. The number of likely N-dealkylation sites (tertiary alicyclic amines) is 1. The summed E-state index contributed by atoms with van der Waals surface area (Å²) in [6, 6.07) is 0. The van der Waals surface area contributed by atoms with Crippen LogP contribution in [0.15, 0.2) is 11.4 Å². The van der Waals surface area contributed by atoms with Crippen LogP contribution >= 0.6 is 23.1 Å². The van der Waals surface area contributed by atoms with Gasteiger partial charge in [-0.05, 0) is 50.5 Å². The van der Waals surface area contributed by atoms with Crippen molar-refractivity contribution in [3.05, 3.63) is 16.8 Å². The first-order valence-corrected chi connectivity index (χ1v) is 10.5. The summed E-state index contributed by atoms with van der Waals surface area (Å²) < 4.78 is 0. The normalized spacial score (nSPS) is 19.7. The van der Waals surface area contributed by atoms with Crippen molar-refractivity contribution in [2.45, 2.75) is 56.2 Å². The summed E-state index contributed by atoms with van der Waals surface area (Å²) >= 11 is 3.42. The topological polar surface area (TPSA) is 46.1 Å². The first-order chi connectivity index (χ1) is 11.6. The van der Waals surface area contributed by atoms with E-state index >= 15 is 0 Å². The monoisotopic (exact) mass is 361 g/mol. The van der Waals surface area contributed by atoms with Crippen molar-refractivity contribution in [2.75, 3.05) is 13.1 Å². The van der Waals surface area contributed by atoms with Crippen molar-refractivity contribution in [1.29, 1.82) is 0 Å². The van der Waals surface area contributed by atoms with E-state index in [0.717, 1.165) is 48.1 Å². The standard InChI is InChI=1S/C18H23N3OS2/c1-11-6-8-21(9-7-11)18(22)12(2)23-16-15-13-4-3-5-14(13)24-17(15)20-10-19-16/h10-12H,3-9H2,1-2H3. The van der Waals surface area contributed by atoms with Gasteiger partial charge in [-0.15, -0.1) is 11.3 Å². The molecule has 1 saturated heterocycles. The van der Waals surface area contributed by atoms with E-state index < -0.39 is 0 Å². The molecule has 2 aromatic rings. The molecule has 4 nitrogen and oxygen atoms in total. The molecular weight excluding hydrogens is 338 g/mol. The van der Waals surface area contributed by atoms with Crippen molar-refractivity contribution < 1.29 is 4.79 Å². The average Bonchev–Trinajstić information content (AvgIpc) is 3.16. The highest BCUT2D eigenvalue weighted by Gasteiger charge is 2.27. The molecule has 1 amide bonds. The molecule has 0 spiro atoms. The number of carbonyl (C=O) groups is 1. The van der Waals surface area contributed by atoms with Crippen LogP contribution in [0.4, 0.5) is 0 Å². The predicted octanol–water partition coefficient (Wildman–Crippen LogP) is 3.92. The predicted molar refractivity (Wildman–Crippen MR) is 99.7 cm³/mol. The Hall–Kier alpha value is -1.14. The number of hydrogen-bond donors (Lipinski definition) is 0. The summed E-state index contributed by atoms with van der Waals surface area (Å²) in [5.41, 5.74) is 1.43. The minimum Gasteiger partial charge on any atom is -0.342 e. The van der Waals surface area contributed by atoms with Gasteiger partial charge in [0, 0.05) is 23.4 Å². The Balaban J connectivity index is 1.54. The number of aromatic nitrogens is 2. The van der Waals surface area contributed by atoms with E-state index in [4.69, 9.17) is 0 Å². The minimum absolute atomic E-state index is 0.0894. The van der Waals surface area contributed by atoms with Crippen LogP contribution in [0.25, 0.3) is 10.2 Å². The number of aryl methyl sites for hydroxylation is 2. The Morgan fingerprint density at radius 3 is 2.92 bits per heavy atom. The fourth-order valence-electron chi connectivity index (χ4n) is 3.69. The number of hydrogen-bond acceptors (Lipinski definition) is 5. The van der Waals surface area contributed by atoms with Crippen LogP contribution in [-0.4, -0.2) is 39.1 Å². The van der Waals surface area contributed by atoms with Crippen LogP contribution in [0, 0.1) is 5.92 Å². The Morgan fingerprint density at radius 2 is 2.12 bits per heavy atom. The van der Waals surface area contributed by atoms with Crippen LogP contribution in [0.3, 0.4) is 0 Å².